The predicted molar refractivity (Wildman–Crippen MR) is 142 cm³/mol. The number of carbonyl (C=O) groups excluding carboxylic acids is 1. The zero-order chi connectivity index (χ0) is 26.6. The molecule has 0 bridgehead atoms. The zero-order valence-corrected chi connectivity index (χ0v) is 21.6. The van der Waals surface area contributed by atoms with E-state index in [1.54, 1.807) is 44.6 Å². The molecule has 0 fully saturated rings. The van der Waals surface area contributed by atoms with E-state index in [1.165, 1.54) is 4.90 Å². The number of nitrogens with one attached hydrogen (secondary N) is 2. The van der Waals surface area contributed by atoms with E-state index in [0.717, 1.165) is 5.56 Å². The van der Waals surface area contributed by atoms with Crippen molar-refractivity contribution in [2.45, 2.75) is 32.2 Å². The molecule has 192 valence electrons. The van der Waals surface area contributed by atoms with Crippen LogP contribution in [-0.2, 0) is 5.41 Å². The van der Waals surface area contributed by atoms with E-state index < -0.39 is 6.04 Å². The fourth-order valence-electron chi connectivity index (χ4n) is 3.51. The first kappa shape index (κ1) is 25.8. The molecule has 4 aromatic rings. The van der Waals surface area contributed by atoms with Crippen LogP contribution in [0.1, 0.15) is 48.6 Å². The molecular formula is C27H31N7O3. The second-order valence-electron chi connectivity index (χ2n) is 9.82. The smallest absolute Gasteiger partial charge is 0.263 e. The number of aromatic nitrogens is 4. The van der Waals surface area contributed by atoms with Crippen molar-refractivity contribution in [3.8, 4) is 11.5 Å². The van der Waals surface area contributed by atoms with Gasteiger partial charge in [0.05, 0.1) is 12.6 Å². The predicted octanol–water partition coefficient (Wildman–Crippen LogP) is 4.42. The second kappa shape index (κ2) is 10.8. The quantitative estimate of drug-likeness (QED) is 0.321. The monoisotopic (exact) mass is 501 g/mol. The van der Waals surface area contributed by atoms with E-state index in [4.69, 9.17) is 4.52 Å². The highest BCUT2D eigenvalue weighted by Gasteiger charge is 2.24. The van der Waals surface area contributed by atoms with Gasteiger partial charge in [-0.1, -0.05) is 56.3 Å². The van der Waals surface area contributed by atoms with Crippen LogP contribution in [0.5, 0.6) is 0 Å². The molecular weight excluding hydrogens is 470 g/mol. The molecule has 0 spiro atoms. The molecule has 0 saturated heterocycles. The number of anilines is 3. The first-order valence-electron chi connectivity index (χ1n) is 11.9. The Bertz CT molecular complexity index is 1350. The van der Waals surface area contributed by atoms with Crippen LogP contribution in [-0.4, -0.2) is 56.7 Å². The van der Waals surface area contributed by atoms with E-state index in [9.17, 15) is 9.90 Å². The summed E-state index contributed by atoms with van der Waals surface area (Å²) in [6.07, 6.45) is 1.60. The van der Waals surface area contributed by atoms with Gasteiger partial charge in [-0.05, 0) is 29.8 Å². The zero-order valence-electron chi connectivity index (χ0n) is 21.6. The number of hydrogen-bond acceptors (Lipinski definition) is 9. The molecule has 1 atom stereocenters. The topological polar surface area (TPSA) is 129 Å². The maximum absolute atomic E-state index is 12.2. The first-order valence-corrected chi connectivity index (χ1v) is 11.9. The molecule has 0 radical (unpaired) electrons. The van der Waals surface area contributed by atoms with Crippen molar-refractivity contribution in [1.29, 1.82) is 0 Å². The van der Waals surface area contributed by atoms with Gasteiger partial charge in [0.25, 0.3) is 11.8 Å². The second-order valence-corrected chi connectivity index (χ2v) is 9.82. The van der Waals surface area contributed by atoms with Gasteiger partial charge in [-0.15, -0.1) is 0 Å². The molecule has 3 N–H and O–H groups in total. The standard InChI is InChI=1S/C27H31N7O3/c1-27(2,3)25-32-23(37-33-25)20-15-28-26(29-19-13-11-18(12-14-19)24(36)34(4)5)31-22(20)30-21(16-35)17-9-7-6-8-10-17/h6-15,21,35H,16H2,1-5H3,(H2,28,29,30,31)/t21-/m1/s1. The maximum atomic E-state index is 12.2. The Labute approximate surface area is 215 Å². The van der Waals surface area contributed by atoms with Gasteiger partial charge in [0.15, 0.2) is 5.82 Å². The summed E-state index contributed by atoms with van der Waals surface area (Å²) >= 11 is 0. The lowest BCUT2D eigenvalue weighted by molar-refractivity contribution is 0.0827. The molecule has 2 heterocycles. The normalized spacial score (nSPS) is 12.2. The van der Waals surface area contributed by atoms with Crippen LogP contribution in [0.4, 0.5) is 17.5 Å². The molecule has 0 aliphatic carbocycles. The van der Waals surface area contributed by atoms with E-state index >= 15 is 0 Å². The Morgan fingerprint density at radius 1 is 1.05 bits per heavy atom. The molecule has 10 nitrogen and oxygen atoms in total. The van der Waals surface area contributed by atoms with E-state index in [-0.39, 0.29) is 23.8 Å². The third kappa shape index (κ3) is 6.10. The average Bonchev–Trinajstić information content (AvgIpc) is 3.39. The minimum Gasteiger partial charge on any atom is -0.394 e. The summed E-state index contributed by atoms with van der Waals surface area (Å²) in [4.78, 5) is 27.4. The van der Waals surface area contributed by atoms with Crippen molar-refractivity contribution in [1.82, 2.24) is 25.0 Å². The number of carbonyl (C=O) groups is 1. The Balaban J connectivity index is 1.67. The van der Waals surface area contributed by atoms with Gasteiger partial charge in [0, 0.05) is 37.0 Å². The van der Waals surface area contributed by atoms with E-state index in [1.807, 2.05) is 51.1 Å². The van der Waals surface area contributed by atoms with E-state index in [2.05, 4.69) is 30.7 Å². The van der Waals surface area contributed by atoms with Crippen LogP contribution in [0.2, 0.25) is 0 Å². The highest BCUT2D eigenvalue weighted by atomic mass is 16.5. The van der Waals surface area contributed by atoms with Crippen LogP contribution >= 0.6 is 0 Å². The van der Waals surface area contributed by atoms with Gasteiger partial charge >= 0.3 is 0 Å². The third-order valence-corrected chi connectivity index (χ3v) is 5.61. The van der Waals surface area contributed by atoms with Crippen molar-refractivity contribution < 1.29 is 14.4 Å². The molecule has 1 amide bonds. The fourth-order valence-corrected chi connectivity index (χ4v) is 3.51. The lowest BCUT2D eigenvalue weighted by atomic mass is 9.96. The highest BCUT2D eigenvalue weighted by Crippen LogP contribution is 2.31. The highest BCUT2D eigenvalue weighted by molar-refractivity contribution is 5.94. The van der Waals surface area contributed by atoms with Gasteiger partial charge < -0.3 is 25.2 Å². The van der Waals surface area contributed by atoms with Crippen molar-refractivity contribution in [3.63, 3.8) is 0 Å². The van der Waals surface area contributed by atoms with Gasteiger partial charge in [-0.3, -0.25) is 4.79 Å². The summed E-state index contributed by atoms with van der Waals surface area (Å²) in [6.45, 7) is 5.84. The SMILES string of the molecule is CN(C)C(=O)c1ccc(Nc2ncc(-c3nc(C(C)(C)C)no3)c(N[C@H](CO)c3ccccc3)n2)cc1. The third-order valence-electron chi connectivity index (χ3n) is 5.61. The molecule has 0 saturated carbocycles. The number of aliphatic hydroxyl groups excluding tert-OH is 1. The Hall–Kier alpha value is -4.31. The summed E-state index contributed by atoms with van der Waals surface area (Å²) in [7, 11) is 3.42. The van der Waals surface area contributed by atoms with Gasteiger partial charge in [0.2, 0.25) is 5.95 Å². The maximum Gasteiger partial charge on any atom is 0.263 e. The molecule has 0 unspecified atom stereocenters. The number of rotatable bonds is 8. The summed E-state index contributed by atoms with van der Waals surface area (Å²) in [5.74, 6) is 1.49. The number of hydrogen-bond donors (Lipinski definition) is 3. The number of aliphatic hydroxyl groups is 1. The van der Waals surface area contributed by atoms with Gasteiger partial charge in [-0.25, -0.2) is 4.98 Å². The first-order chi connectivity index (χ1) is 17.7. The van der Waals surface area contributed by atoms with Gasteiger partial charge in [-0.2, -0.15) is 9.97 Å². The van der Waals surface area contributed by atoms with Crippen molar-refractivity contribution in [2.75, 3.05) is 31.3 Å². The summed E-state index contributed by atoms with van der Waals surface area (Å²) in [6, 6.07) is 16.2. The molecule has 0 aliphatic heterocycles. The summed E-state index contributed by atoms with van der Waals surface area (Å²) < 4.78 is 5.55. The Morgan fingerprint density at radius 2 is 1.76 bits per heavy atom. The molecule has 2 aromatic carbocycles. The minimum atomic E-state index is -0.427. The summed E-state index contributed by atoms with van der Waals surface area (Å²) in [5.41, 5.74) is 2.40. The lowest BCUT2D eigenvalue weighted by Gasteiger charge is -2.19. The Morgan fingerprint density at radius 3 is 2.35 bits per heavy atom. The largest absolute Gasteiger partial charge is 0.394 e. The molecule has 4 rings (SSSR count). The molecule has 0 aliphatic rings. The Kier molecular flexibility index (Phi) is 7.49. The van der Waals surface area contributed by atoms with Crippen LogP contribution in [0.15, 0.2) is 65.3 Å². The lowest BCUT2D eigenvalue weighted by Crippen LogP contribution is -2.21. The van der Waals surface area contributed by atoms with Crippen LogP contribution in [0, 0.1) is 0 Å². The van der Waals surface area contributed by atoms with Crippen molar-refractivity contribution >= 4 is 23.4 Å². The van der Waals surface area contributed by atoms with E-state index in [0.29, 0.717) is 34.4 Å². The molecule has 37 heavy (non-hydrogen) atoms. The fraction of sp³-hybridized carbons (Fsp3) is 0.296. The van der Waals surface area contributed by atoms with Crippen LogP contribution in [0.25, 0.3) is 11.5 Å². The van der Waals surface area contributed by atoms with Gasteiger partial charge in [0.1, 0.15) is 11.4 Å². The summed E-state index contributed by atoms with van der Waals surface area (Å²) in [5, 5.41) is 20.7. The van der Waals surface area contributed by atoms with Crippen LogP contribution in [0.3, 0.4) is 0 Å². The molecule has 10 heteroatoms. The average molecular weight is 502 g/mol. The number of amides is 1. The van der Waals surface area contributed by atoms with Crippen LogP contribution < -0.4 is 10.6 Å². The number of nitrogens with zero attached hydrogens (tertiary/aromatic N) is 5. The molecule has 2 aromatic heterocycles. The van der Waals surface area contributed by atoms with Crippen molar-refractivity contribution in [2.24, 2.45) is 0 Å². The van der Waals surface area contributed by atoms with Crippen molar-refractivity contribution in [3.05, 3.63) is 77.7 Å². The minimum absolute atomic E-state index is 0.0798. The number of benzene rings is 2.